The highest BCUT2D eigenvalue weighted by Crippen LogP contribution is 2.36. The van der Waals surface area contributed by atoms with Gasteiger partial charge in [0.25, 0.3) is 0 Å². The number of aromatic hydroxyl groups is 3. The third-order valence-corrected chi connectivity index (χ3v) is 2.81. The number of hydrogen-bond acceptors (Lipinski definition) is 5. The first kappa shape index (κ1) is 14.8. The molecule has 0 radical (unpaired) electrons. The fourth-order valence-corrected chi connectivity index (χ4v) is 1.69. The molecule has 4 nitrogen and oxygen atoms in total. The van der Waals surface area contributed by atoms with Gasteiger partial charge in [-0.25, -0.2) is 0 Å². The zero-order valence-corrected chi connectivity index (χ0v) is 9.98. The Bertz CT molecular complexity index is 412. The zero-order valence-electron chi connectivity index (χ0n) is 9.16. The number of thioether (sulfide) groups is 1. The summed E-state index contributed by atoms with van der Waals surface area (Å²) in [5, 5.41) is 30.4. The summed E-state index contributed by atoms with van der Waals surface area (Å²) in [6, 6.07) is 2.56. The fraction of sp³-hybridized carbons (Fsp3) is 0.400. The van der Waals surface area contributed by atoms with E-state index in [-0.39, 0.29) is 30.6 Å². The van der Waals surface area contributed by atoms with Crippen molar-refractivity contribution in [3.8, 4) is 17.2 Å². The molecule has 0 amide bonds. The van der Waals surface area contributed by atoms with Crippen LogP contribution < -0.4 is 5.32 Å². The van der Waals surface area contributed by atoms with E-state index in [4.69, 9.17) is 5.11 Å². The van der Waals surface area contributed by atoms with E-state index in [1.54, 1.807) is 0 Å². The number of phenolic OH excluding ortho intramolecular Hbond substituents is 3. The molecular formula is C10H12F3NO3S. The van der Waals surface area contributed by atoms with Gasteiger partial charge in [-0.05, 0) is 17.8 Å². The molecule has 0 saturated carbocycles. The highest BCUT2D eigenvalue weighted by molar-refractivity contribution is 8.00. The Morgan fingerprint density at radius 2 is 1.78 bits per heavy atom. The first-order valence-electron chi connectivity index (χ1n) is 4.95. The van der Waals surface area contributed by atoms with Crippen molar-refractivity contribution < 1.29 is 28.5 Å². The molecule has 0 aliphatic heterocycles. The van der Waals surface area contributed by atoms with Crippen LogP contribution in [0.1, 0.15) is 5.56 Å². The molecule has 1 aromatic carbocycles. The van der Waals surface area contributed by atoms with E-state index < -0.39 is 22.8 Å². The molecular weight excluding hydrogens is 271 g/mol. The van der Waals surface area contributed by atoms with Gasteiger partial charge in [-0.15, -0.1) is 0 Å². The summed E-state index contributed by atoms with van der Waals surface area (Å²) in [6.07, 6.45) is 0. The van der Waals surface area contributed by atoms with Gasteiger partial charge in [0.05, 0.1) is 0 Å². The highest BCUT2D eigenvalue weighted by Gasteiger charge is 2.27. The highest BCUT2D eigenvalue weighted by atomic mass is 32.2. The first-order chi connectivity index (χ1) is 8.31. The number of rotatable bonds is 5. The van der Waals surface area contributed by atoms with Gasteiger partial charge < -0.3 is 20.6 Å². The Hall–Kier alpha value is -1.28. The van der Waals surface area contributed by atoms with Gasteiger partial charge in [-0.1, -0.05) is 6.07 Å². The molecule has 0 spiro atoms. The SMILES string of the molecule is Oc1ccc(CNCCSC(F)(F)F)c(O)c1O. The van der Waals surface area contributed by atoms with E-state index in [0.29, 0.717) is 5.56 Å². The predicted molar refractivity (Wildman–Crippen MR) is 61.7 cm³/mol. The minimum absolute atomic E-state index is 0.0953. The predicted octanol–water partition coefficient (Wildman–Crippen LogP) is 2.15. The van der Waals surface area contributed by atoms with E-state index in [9.17, 15) is 23.4 Å². The van der Waals surface area contributed by atoms with Gasteiger partial charge in [0.1, 0.15) is 0 Å². The quantitative estimate of drug-likeness (QED) is 0.492. The van der Waals surface area contributed by atoms with Gasteiger partial charge in [-0.3, -0.25) is 0 Å². The molecule has 0 fully saturated rings. The lowest BCUT2D eigenvalue weighted by Crippen LogP contribution is -2.18. The van der Waals surface area contributed by atoms with Gasteiger partial charge in [0, 0.05) is 24.4 Å². The van der Waals surface area contributed by atoms with Crippen LogP contribution in [0.2, 0.25) is 0 Å². The molecule has 0 saturated heterocycles. The summed E-state index contributed by atoms with van der Waals surface area (Å²) >= 11 is -0.136. The van der Waals surface area contributed by atoms with Crippen LogP contribution in [0.4, 0.5) is 13.2 Å². The lowest BCUT2D eigenvalue weighted by Gasteiger charge is -2.09. The second-order valence-electron chi connectivity index (χ2n) is 3.41. The van der Waals surface area contributed by atoms with Crippen molar-refractivity contribution in [1.29, 1.82) is 0 Å². The summed E-state index contributed by atoms with van der Waals surface area (Å²) in [6.45, 7) is 0.198. The van der Waals surface area contributed by atoms with E-state index in [1.807, 2.05) is 0 Å². The van der Waals surface area contributed by atoms with E-state index in [2.05, 4.69) is 5.32 Å². The lowest BCUT2D eigenvalue weighted by molar-refractivity contribution is -0.0327. The van der Waals surface area contributed by atoms with E-state index in [0.717, 1.165) is 0 Å². The Kier molecular flexibility index (Phi) is 4.97. The maximum atomic E-state index is 11.8. The van der Waals surface area contributed by atoms with Crippen LogP contribution in [0.15, 0.2) is 12.1 Å². The van der Waals surface area contributed by atoms with Crippen molar-refractivity contribution in [3.05, 3.63) is 17.7 Å². The van der Waals surface area contributed by atoms with Gasteiger partial charge >= 0.3 is 5.51 Å². The van der Waals surface area contributed by atoms with Crippen molar-refractivity contribution in [3.63, 3.8) is 0 Å². The number of nitrogens with one attached hydrogen (secondary N) is 1. The molecule has 0 aliphatic rings. The normalized spacial score (nSPS) is 11.7. The molecule has 1 rings (SSSR count). The van der Waals surface area contributed by atoms with Crippen LogP contribution in [0.25, 0.3) is 0 Å². The van der Waals surface area contributed by atoms with Gasteiger partial charge in [0.2, 0.25) is 5.75 Å². The number of benzene rings is 1. The summed E-state index contributed by atoms with van der Waals surface area (Å²) in [5.41, 5.74) is -3.96. The molecule has 0 aliphatic carbocycles. The zero-order chi connectivity index (χ0) is 13.8. The average molecular weight is 283 g/mol. The van der Waals surface area contributed by atoms with Crippen molar-refractivity contribution in [2.24, 2.45) is 0 Å². The molecule has 4 N–H and O–H groups in total. The topological polar surface area (TPSA) is 72.7 Å². The number of halogens is 3. The number of hydrogen-bond donors (Lipinski definition) is 4. The van der Waals surface area contributed by atoms with E-state index >= 15 is 0 Å². The van der Waals surface area contributed by atoms with Crippen LogP contribution in [0, 0.1) is 0 Å². The standard InChI is InChI=1S/C10H12F3NO3S/c11-10(12,13)18-4-3-14-5-6-1-2-7(15)9(17)8(6)16/h1-2,14-17H,3-5H2. The molecule has 0 atom stereocenters. The molecule has 0 bridgehead atoms. The second kappa shape index (κ2) is 6.05. The molecule has 8 heteroatoms. The Morgan fingerprint density at radius 1 is 1.11 bits per heavy atom. The van der Waals surface area contributed by atoms with Gasteiger partial charge in [0.15, 0.2) is 11.5 Å². The Labute approximate surface area is 105 Å². The molecule has 0 heterocycles. The van der Waals surface area contributed by atoms with Crippen LogP contribution >= 0.6 is 11.8 Å². The maximum Gasteiger partial charge on any atom is 0.441 e. The Morgan fingerprint density at radius 3 is 2.39 bits per heavy atom. The van der Waals surface area contributed by atoms with E-state index in [1.165, 1.54) is 12.1 Å². The fourth-order valence-electron chi connectivity index (χ4n) is 1.22. The molecule has 1 aromatic rings. The molecule has 102 valence electrons. The second-order valence-corrected chi connectivity index (χ2v) is 4.57. The summed E-state index contributed by atoms with van der Waals surface area (Å²) in [7, 11) is 0. The lowest BCUT2D eigenvalue weighted by atomic mass is 10.1. The molecule has 0 aromatic heterocycles. The van der Waals surface area contributed by atoms with Crippen molar-refractivity contribution in [2.75, 3.05) is 12.3 Å². The third-order valence-electron chi connectivity index (χ3n) is 2.07. The van der Waals surface area contributed by atoms with Crippen molar-refractivity contribution in [2.45, 2.75) is 12.1 Å². The minimum atomic E-state index is -4.25. The van der Waals surface area contributed by atoms with Crippen molar-refractivity contribution in [1.82, 2.24) is 5.32 Å². The third kappa shape index (κ3) is 4.53. The Balaban J connectivity index is 2.39. The summed E-state index contributed by atoms with van der Waals surface area (Å²) in [5.74, 6) is -1.72. The molecule has 0 unspecified atom stereocenters. The molecule has 18 heavy (non-hydrogen) atoms. The number of alkyl halides is 3. The van der Waals surface area contributed by atoms with Crippen LogP contribution in [-0.4, -0.2) is 33.1 Å². The van der Waals surface area contributed by atoms with Crippen LogP contribution in [-0.2, 0) is 6.54 Å². The van der Waals surface area contributed by atoms with Crippen molar-refractivity contribution >= 4 is 11.8 Å². The smallest absolute Gasteiger partial charge is 0.441 e. The minimum Gasteiger partial charge on any atom is -0.504 e. The summed E-state index contributed by atoms with van der Waals surface area (Å²) < 4.78 is 35.4. The average Bonchev–Trinajstić information content (AvgIpc) is 2.27. The monoisotopic (exact) mass is 283 g/mol. The van der Waals surface area contributed by atoms with Crippen LogP contribution in [0.3, 0.4) is 0 Å². The largest absolute Gasteiger partial charge is 0.504 e. The van der Waals surface area contributed by atoms with Crippen LogP contribution in [0.5, 0.6) is 17.2 Å². The maximum absolute atomic E-state index is 11.8. The van der Waals surface area contributed by atoms with Gasteiger partial charge in [-0.2, -0.15) is 13.2 Å². The summed E-state index contributed by atoms with van der Waals surface area (Å²) in [4.78, 5) is 0. The number of phenols is 3. The first-order valence-corrected chi connectivity index (χ1v) is 5.94.